The maximum Gasteiger partial charge on any atom is 0.416 e. The monoisotopic (exact) mass is 648 g/mol. The molecular weight excluding hydrogens is 613 g/mol. The fraction of sp³-hybridized carbons (Fsp3) is 0.343. The second-order valence-corrected chi connectivity index (χ2v) is 12.7. The Morgan fingerprint density at radius 1 is 1.15 bits per heavy atom. The first-order valence-corrected chi connectivity index (χ1v) is 16.2. The number of thiazole rings is 1. The number of benzene rings is 2. The predicted molar refractivity (Wildman–Crippen MR) is 175 cm³/mol. The van der Waals surface area contributed by atoms with Gasteiger partial charge in [0.2, 0.25) is 0 Å². The number of fused-ring (bicyclic) bond motifs is 1. The quantitative estimate of drug-likeness (QED) is 0.204. The van der Waals surface area contributed by atoms with E-state index in [1.165, 1.54) is 23.5 Å². The van der Waals surface area contributed by atoms with Crippen LogP contribution < -0.4 is 15.6 Å². The van der Waals surface area contributed by atoms with Gasteiger partial charge in [-0.25, -0.2) is 4.98 Å². The molecule has 3 atom stereocenters. The van der Waals surface area contributed by atoms with Crippen LogP contribution in [0.5, 0.6) is 5.75 Å². The molecular formula is C35H35F3N4O3S. The number of halogens is 3. The molecule has 0 radical (unpaired) electrons. The van der Waals surface area contributed by atoms with Crippen molar-refractivity contribution < 1.29 is 22.7 Å². The van der Waals surface area contributed by atoms with Crippen molar-refractivity contribution in [1.29, 1.82) is 0 Å². The number of piperazine rings is 1. The van der Waals surface area contributed by atoms with Crippen molar-refractivity contribution >= 4 is 23.3 Å². The number of rotatable bonds is 8. The number of nitrogens with one attached hydrogen (secondary N) is 1. The minimum Gasteiger partial charge on any atom is -0.492 e. The third kappa shape index (κ3) is 5.78. The molecule has 2 fully saturated rings. The van der Waals surface area contributed by atoms with Gasteiger partial charge in [-0.15, -0.1) is 11.3 Å². The number of pyridine rings is 1. The molecule has 0 aliphatic carbocycles. The number of ether oxygens (including phenoxy) is 1. The van der Waals surface area contributed by atoms with Crippen LogP contribution in [0.2, 0.25) is 0 Å². The van der Waals surface area contributed by atoms with Gasteiger partial charge in [0.25, 0.3) is 11.5 Å². The molecule has 1 N–H and O–H groups in total. The van der Waals surface area contributed by atoms with Gasteiger partial charge in [-0.2, -0.15) is 13.2 Å². The second-order valence-electron chi connectivity index (χ2n) is 11.9. The SMILES string of the molecule is CCOc1cccc(CC)c1-n1c(C=C(C)C)c(C(=O)N2C[C@H]3NC3[C@@H]2C)cc(-c2nc(-c3ccc(C(F)(F)F)cc3)cs2)c1=O. The fourth-order valence-corrected chi connectivity index (χ4v) is 7.00. The lowest BCUT2D eigenvalue weighted by Crippen LogP contribution is -2.41. The number of carbonyl (C=O) groups is 1. The fourth-order valence-electron chi connectivity index (χ4n) is 6.16. The number of nitrogens with zero attached hydrogens (tertiary/aromatic N) is 3. The molecule has 46 heavy (non-hydrogen) atoms. The highest BCUT2D eigenvalue weighted by Crippen LogP contribution is 2.36. The summed E-state index contributed by atoms with van der Waals surface area (Å²) in [6, 6.07) is 12.5. The summed E-state index contributed by atoms with van der Waals surface area (Å²) < 4.78 is 47.2. The third-order valence-electron chi connectivity index (χ3n) is 8.52. The van der Waals surface area contributed by atoms with Gasteiger partial charge in [0, 0.05) is 35.6 Å². The van der Waals surface area contributed by atoms with Crippen LogP contribution in [-0.2, 0) is 12.6 Å². The molecule has 1 amide bonds. The highest BCUT2D eigenvalue weighted by atomic mass is 32.1. The number of aryl methyl sites for hydroxylation is 1. The van der Waals surface area contributed by atoms with E-state index in [1.54, 1.807) is 16.0 Å². The van der Waals surface area contributed by atoms with Crippen molar-refractivity contribution in [3.05, 3.63) is 92.2 Å². The molecule has 2 saturated heterocycles. The number of hydrogen-bond donors (Lipinski definition) is 1. The Morgan fingerprint density at radius 3 is 2.50 bits per heavy atom. The predicted octanol–water partition coefficient (Wildman–Crippen LogP) is 7.22. The molecule has 0 spiro atoms. The Balaban J connectivity index is 1.59. The first-order valence-electron chi connectivity index (χ1n) is 15.3. The molecule has 6 rings (SSSR count). The molecule has 2 aromatic carbocycles. The van der Waals surface area contributed by atoms with E-state index >= 15 is 0 Å². The van der Waals surface area contributed by atoms with E-state index in [-0.39, 0.29) is 35.2 Å². The van der Waals surface area contributed by atoms with E-state index in [4.69, 9.17) is 9.72 Å². The summed E-state index contributed by atoms with van der Waals surface area (Å²) in [5.41, 5.74) is 3.18. The summed E-state index contributed by atoms with van der Waals surface area (Å²) in [7, 11) is 0. The number of allylic oxidation sites excluding steroid dienone is 1. The van der Waals surface area contributed by atoms with Gasteiger partial charge in [0.05, 0.1) is 40.4 Å². The van der Waals surface area contributed by atoms with Crippen LogP contribution in [0.3, 0.4) is 0 Å². The minimum absolute atomic E-state index is 0.0195. The highest BCUT2D eigenvalue weighted by molar-refractivity contribution is 7.13. The molecule has 7 nitrogen and oxygen atoms in total. The maximum absolute atomic E-state index is 14.7. The topological polar surface area (TPSA) is 86.4 Å². The lowest BCUT2D eigenvalue weighted by atomic mass is 10.0. The first kappa shape index (κ1) is 31.7. The Bertz CT molecular complexity index is 1890. The molecule has 1 unspecified atom stereocenters. The normalized spacial score (nSPS) is 18.8. The lowest BCUT2D eigenvalue weighted by molar-refractivity contribution is -0.137. The number of alkyl halides is 3. The van der Waals surface area contributed by atoms with E-state index in [2.05, 4.69) is 5.32 Å². The largest absolute Gasteiger partial charge is 0.492 e. The Kier molecular flexibility index (Phi) is 8.41. The van der Waals surface area contributed by atoms with Crippen LogP contribution in [0, 0.1) is 0 Å². The highest BCUT2D eigenvalue weighted by Gasteiger charge is 2.52. The van der Waals surface area contributed by atoms with E-state index in [0.717, 1.165) is 23.3 Å². The third-order valence-corrected chi connectivity index (χ3v) is 9.40. The van der Waals surface area contributed by atoms with Crippen molar-refractivity contribution in [3.63, 3.8) is 0 Å². The van der Waals surface area contributed by atoms with Gasteiger partial charge >= 0.3 is 6.18 Å². The number of aromatic nitrogens is 2. The van der Waals surface area contributed by atoms with E-state index in [1.807, 2.05) is 63.8 Å². The average Bonchev–Trinajstić information content (AvgIpc) is 3.49. The van der Waals surface area contributed by atoms with Gasteiger partial charge in [-0.1, -0.05) is 36.8 Å². The molecule has 2 aromatic heterocycles. The molecule has 4 aromatic rings. The number of amides is 1. The van der Waals surface area contributed by atoms with Crippen molar-refractivity contribution in [2.24, 2.45) is 0 Å². The van der Waals surface area contributed by atoms with E-state index in [9.17, 15) is 22.8 Å². The molecule has 2 aliphatic rings. The van der Waals surface area contributed by atoms with Crippen molar-refractivity contribution in [1.82, 2.24) is 19.8 Å². The molecule has 240 valence electrons. The zero-order chi connectivity index (χ0) is 32.9. The van der Waals surface area contributed by atoms with Gasteiger partial charge in [-0.05, 0) is 70.0 Å². The maximum atomic E-state index is 14.7. The van der Waals surface area contributed by atoms with E-state index in [0.29, 0.717) is 58.5 Å². The molecule has 0 saturated carbocycles. The van der Waals surface area contributed by atoms with Crippen LogP contribution in [0.1, 0.15) is 61.8 Å². The molecule has 4 heterocycles. The van der Waals surface area contributed by atoms with Crippen LogP contribution in [0.25, 0.3) is 33.6 Å². The standard InChI is InChI=1S/C35H35F3N4O3S/c1-6-21-9-8-10-29(45-7-2)31(21)42-28(15-19(3)4)24(33(43)41-17-26-30(39-26)20(41)5)16-25(34(42)44)32-40-27(18-46-32)22-11-13-23(14-12-22)35(36,37)38/h8-16,18,20,26,30,39H,6-7,17H2,1-5H3/t20-,26+,30?/m0/s1. The van der Waals surface area contributed by atoms with E-state index < -0.39 is 11.7 Å². The molecule has 0 bridgehead atoms. The number of likely N-dealkylation sites (tertiary alicyclic amines) is 1. The summed E-state index contributed by atoms with van der Waals surface area (Å²) >= 11 is 1.20. The summed E-state index contributed by atoms with van der Waals surface area (Å²) in [6.45, 7) is 10.7. The summed E-state index contributed by atoms with van der Waals surface area (Å²) in [5.74, 6) is 0.336. The van der Waals surface area contributed by atoms with Gasteiger partial charge < -0.3 is 15.0 Å². The van der Waals surface area contributed by atoms with Gasteiger partial charge in [-0.3, -0.25) is 14.2 Å². The second kappa shape index (κ2) is 12.2. The van der Waals surface area contributed by atoms with Crippen LogP contribution in [-0.4, -0.2) is 51.6 Å². The van der Waals surface area contributed by atoms with Crippen molar-refractivity contribution in [2.45, 2.75) is 65.3 Å². The van der Waals surface area contributed by atoms with Gasteiger partial charge in [0.1, 0.15) is 10.8 Å². The lowest BCUT2D eigenvalue weighted by Gasteiger charge is -2.27. The average molecular weight is 649 g/mol. The Labute approximate surface area is 269 Å². The molecule has 11 heteroatoms. The summed E-state index contributed by atoms with van der Waals surface area (Å²) in [5, 5.41) is 5.47. The smallest absolute Gasteiger partial charge is 0.416 e. The van der Waals surface area contributed by atoms with Crippen LogP contribution >= 0.6 is 11.3 Å². The summed E-state index contributed by atoms with van der Waals surface area (Å²) in [6.07, 6.45) is -1.99. The zero-order valence-corrected chi connectivity index (χ0v) is 27.1. The number of hydrogen-bond acceptors (Lipinski definition) is 6. The summed E-state index contributed by atoms with van der Waals surface area (Å²) in [4.78, 5) is 35.7. The number of para-hydroxylation sites is 1. The van der Waals surface area contributed by atoms with Crippen LogP contribution in [0.4, 0.5) is 13.2 Å². The Hall–Kier alpha value is -4.22. The van der Waals surface area contributed by atoms with Crippen molar-refractivity contribution in [2.75, 3.05) is 13.2 Å². The zero-order valence-electron chi connectivity index (χ0n) is 26.2. The van der Waals surface area contributed by atoms with Gasteiger partial charge in [0.15, 0.2) is 0 Å². The first-order chi connectivity index (χ1) is 21.9. The minimum atomic E-state index is -4.45. The Morgan fingerprint density at radius 2 is 1.89 bits per heavy atom. The van der Waals surface area contributed by atoms with Crippen molar-refractivity contribution in [3.8, 4) is 33.3 Å². The van der Waals surface area contributed by atoms with Crippen LogP contribution in [0.15, 0.2) is 64.3 Å². The number of carbonyl (C=O) groups excluding carboxylic acids is 1. The molecule has 2 aliphatic heterocycles.